The standard InChI is InChI=1S/C9H16N4O2S.ClH/c1-13-5-9(11-6-13)16(14,15)12-4-8(10)7-2-3-7;/h5-8,12H,2-4,10H2,1H3;1H. The lowest BCUT2D eigenvalue weighted by atomic mass is 10.2. The van der Waals surface area contributed by atoms with Crippen LogP contribution in [0, 0.1) is 5.92 Å². The lowest BCUT2D eigenvalue weighted by molar-refractivity contribution is 0.545. The van der Waals surface area contributed by atoms with Gasteiger partial charge in [-0.25, -0.2) is 18.1 Å². The zero-order chi connectivity index (χ0) is 11.8. The summed E-state index contributed by atoms with van der Waals surface area (Å²) in [6, 6.07) is -0.0847. The Balaban J connectivity index is 0.00000144. The monoisotopic (exact) mass is 280 g/mol. The topological polar surface area (TPSA) is 90.0 Å². The first-order valence-corrected chi connectivity index (χ1v) is 6.70. The van der Waals surface area contributed by atoms with Gasteiger partial charge in [0.05, 0.1) is 6.33 Å². The molecule has 0 saturated heterocycles. The van der Waals surface area contributed by atoms with Crippen LogP contribution in [-0.2, 0) is 17.1 Å². The zero-order valence-corrected chi connectivity index (χ0v) is 11.2. The van der Waals surface area contributed by atoms with E-state index in [0.29, 0.717) is 5.92 Å². The number of aromatic nitrogens is 2. The van der Waals surface area contributed by atoms with E-state index in [1.807, 2.05) is 0 Å². The van der Waals surface area contributed by atoms with Gasteiger partial charge in [0.1, 0.15) is 0 Å². The molecule has 1 atom stereocenters. The number of nitrogens with zero attached hydrogens (tertiary/aromatic N) is 2. The Labute approximate surface area is 107 Å². The molecule has 1 fully saturated rings. The lowest BCUT2D eigenvalue weighted by Crippen LogP contribution is -2.38. The molecule has 0 aliphatic heterocycles. The van der Waals surface area contributed by atoms with Crippen LogP contribution in [0.3, 0.4) is 0 Å². The molecular weight excluding hydrogens is 264 g/mol. The summed E-state index contributed by atoms with van der Waals surface area (Å²) in [7, 11) is -1.78. The summed E-state index contributed by atoms with van der Waals surface area (Å²) in [4.78, 5) is 3.80. The van der Waals surface area contributed by atoms with E-state index in [2.05, 4.69) is 9.71 Å². The van der Waals surface area contributed by atoms with Crippen LogP contribution < -0.4 is 10.5 Å². The Bertz CT molecular complexity index is 469. The van der Waals surface area contributed by atoms with Crippen LogP contribution >= 0.6 is 12.4 Å². The molecule has 1 aromatic heterocycles. The van der Waals surface area contributed by atoms with Crippen molar-refractivity contribution in [1.29, 1.82) is 0 Å². The molecule has 1 aromatic rings. The molecule has 17 heavy (non-hydrogen) atoms. The Morgan fingerprint density at radius 3 is 2.76 bits per heavy atom. The highest BCUT2D eigenvalue weighted by molar-refractivity contribution is 7.89. The number of aryl methyl sites for hydroxylation is 1. The predicted molar refractivity (Wildman–Crippen MR) is 66.3 cm³/mol. The molecule has 2 rings (SSSR count). The molecule has 98 valence electrons. The fourth-order valence-corrected chi connectivity index (χ4v) is 2.55. The van der Waals surface area contributed by atoms with Crippen LogP contribution in [0.4, 0.5) is 0 Å². The number of sulfonamides is 1. The molecule has 1 heterocycles. The van der Waals surface area contributed by atoms with Crippen LogP contribution in [0.2, 0.25) is 0 Å². The van der Waals surface area contributed by atoms with Gasteiger partial charge in [-0.05, 0) is 18.8 Å². The summed E-state index contributed by atoms with van der Waals surface area (Å²) >= 11 is 0. The van der Waals surface area contributed by atoms with E-state index in [4.69, 9.17) is 5.73 Å². The first-order valence-electron chi connectivity index (χ1n) is 5.22. The third kappa shape index (κ3) is 3.67. The third-order valence-electron chi connectivity index (χ3n) is 2.69. The van der Waals surface area contributed by atoms with E-state index < -0.39 is 10.0 Å². The minimum atomic E-state index is -3.50. The Morgan fingerprint density at radius 1 is 1.65 bits per heavy atom. The minimum absolute atomic E-state index is 0. The average Bonchev–Trinajstić information content (AvgIpc) is 2.98. The lowest BCUT2D eigenvalue weighted by Gasteiger charge is -2.10. The van der Waals surface area contributed by atoms with Gasteiger partial charge in [0.2, 0.25) is 0 Å². The van der Waals surface area contributed by atoms with E-state index >= 15 is 0 Å². The minimum Gasteiger partial charge on any atom is -0.339 e. The SMILES string of the molecule is Cl.Cn1cnc(S(=O)(=O)NCC(N)C2CC2)c1. The second kappa shape index (κ2) is 5.34. The fraction of sp³-hybridized carbons (Fsp3) is 0.667. The summed E-state index contributed by atoms with van der Waals surface area (Å²) in [5.74, 6) is 0.478. The molecule has 1 aliphatic rings. The zero-order valence-electron chi connectivity index (χ0n) is 9.54. The highest BCUT2D eigenvalue weighted by atomic mass is 35.5. The molecule has 8 heteroatoms. The molecule has 0 bridgehead atoms. The smallest absolute Gasteiger partial charge is 0.259 e. The number of hydrogen-bond acceptors (Lipinski definition) is 4. The maximum Gasteiger partial charge on any atom is 0.259 e. The maximum atomic E-state index is 11.8. The number of nitrogens with two attached hydrogens (primary N) is 1. The quantitative estimate of drug-likeness (QED) is 0.785. The van der Waals surface area contributed by atoms with Crippen molar-refractivity contribution < 1.29 is 8.42 Å². The van der Waals surface area contributed by atoms with Crippen molar-refractivity contribution in [3.63, 3.8) is 0 Å². The van der Waals surface area contributed by atoms with Gasteiger partial charge in [-0.1, -0.05) is 0 Å². The van der Waals surface area contributed by atoms with Crippen molar-refractivity contribution >= 4 is 22.4 Å². The molecule has 1 aliphatic carbocycles. The Morgan fingerprint density at radius 2 is 2.29 bits per heavy atom. The summed E-state index contributed by atoms with van der Waals surface area (Å²) in [5.41, 5.74) is 5.82. The number of rotatable bonds is 5. The largest absolute Gasteiger partial charge is 0.339 e. The summed E-state index contributed by atoms with van der Waals surface area (Å²) in [5, 5.41) is 0.0398. The van der Waals surface area contributed by atoms with Gasteiger partial charge in [-0.3, -0.25) is 0 Å². The molecule has 0 amide bonds. The van der Waals surface area contributed by atoms with Gasteiger partial charge >= 0.3 is 0 Å². The second-order valence-electron chi connectivity index (χ2n) is 4.23. The van der Waals surface area contributed by atoms with Crippen molar-refractivity contribution in [3.05, 3.63) is 12.5 Å². The van der Waals surface area contributed by atoms with Crippen molar-refractivity contribution in [3.8, 4) is 0 Å². The maximum absolute atomic E-state index is 11.8. The highest BCUT2D eigenvalue weighted by Gasteiger charge is 2.29. The van der Waals surface area contributed by atoms with Gasteiger partial charge in [-0.2, -0.15) is 0 Å². The molecule has 1 saturated carbocycles. The van der Waals surface area contributed by atoms with E-state index in [1.54, 1.807) is 11.6 Å². The van der Waals surface area contributed by atoms with E-state index in [1.165, 1.54) is 12.5 Å². The van der Waals surface area contributed by atoms with Crippen molar-refractivity contribution in [1.82, 2.24) is 14.3 Å². The average molecular weight is 281 g/mol. The molecule has 1 unspecified atom stereocenters. The second-order valence-corrected chi connectivity index (χ2v) is 5.94. The van der Waals surface area contributed by atoms with Crippen LogP contribution in [0.1, 0.15) is 12.8 Å². The fourth-order valence-electron chi connectivity index (χ4n) is 1.50. The van der Waals surface area contributed by atoms with Crippen LogP contribution in [0.5, 0.6) is 0 Å². The predicted octanol–water partition coefficient (Wildman–Crippen LogP) is -0.142. The molecule has 0 spiro atoms. The van der Waals surface area contributed by atoms with E-state index in [9.17, 15) is 8.42 Å². The third-order valence-corrected chi connectivity index (χ3v) is 4.00. The summed E-state index contributed by atoms with van der Waals surface area (Å²) in [6.45, 7) is 0.281. The highest BCUT2D eigenvalue weighted by Crippen LogP contribution is 2.31. The van der Waals surface area contributed by atoms with E-state index in [0.717, 1.165) is 12.8 Å². The van der Waals surface area contributed by atoms with Crippen molar-refractivity contribution in [2.24, 2.45) is 18.7 Å². The van der Waals surface area contributed by atoms with Gasteiger partial charge in [-0.15, -0.1) is 12.4 Å². The number of halogens is 1. The van der Waals surface area contributed by atoms with Gasteiger partial charge in [0.25, 0.3) is 10.0 Å². The molecule has 6 nitrogen and oxygen atoms in total. The normalized spacial score (nSPS) is 17.5. The van der Waals surface area contributed by atoms with Gasteiger partial charge < -0.3 is 10.3 Å². The van der Waals surface area contributed by atoms with E-state index in [-0.39, 0.29) is 30.0 Å². The molecular formula is C9H17ClN4O2S. The molecule has 0 radical (unpaired) electrons. The first kappa shape index (κ1) is 14.4. The molecule has 3 N–H and O–H groups in total. The number of imidazole rings is 1. The van der Waals surface area contributed by atoms with Crippen molar-refractivity contribution in [2.45, 2.75) is 23.9 Å². The van der Waals surface area contributed by atoms with Gasteiger partial charge in [0, 0.05) is 25.8 Å². The Kier molecular flexibility index (Phi) is 4.54. The van der Waals surface area contributed by atoms with Crippen LogP contribution in [-0.4, -0.2) is 30.6 Å². The van der Waals surface area contributed by atoms with Gasteiger partial charge in [0.15, 0.2) is 5.03 Å². The molecule has 0 aromatic carbocycles. The van der Waals surface area contributed by atoms with Crippen LogP contribution in [0.15, 0.2) is 17.6 Å². The number of hydrogen-bond donors (Lipinski definition) is 2. The summed E-state index contributed by atoms with van der Waals surface area (Å²) in [6.07, 6.45) is 5.12. The van der Waals surface area contributed by atoms with Crippen LogP contribution in [0.25, 0.3) is 0 Å². The van der Waals surface area contributed by atoms with Crippen molar-refractivity contribution in [2.75, 3.05) is 6.54 Å². The summed E-state index contributed by atoms with van der Waals surface area (Å²) < 4.78 is 27.6. The number of nitrogens with one attached hydrogen (secondary N) is 1. The first-order chi connectivity index (χ1) is 7.49. The Hall–Kier alpha value is -0.630.